The lowest BCUT2D eigenvalue weighted by Gasteiger charge is -2.19. The number of primary amides is 1. The van der Waals surface area contributed by atoms with Gasteiger partial charge < -0.3 is 5.73 Å². The van der Waals surface area contributed by atoms with Crippen LogP contribution in [0.4, 0.5) is 0 Å². The largest absolute Gasteiger partial charge is 0.369 e. The van der Waals surface area contributed by atoms with Crippen molar-refractivity contribution in [1.29, 1.82) is 0 Å². The van der Waals surface area contributed by atoms with Crippen LogP contribution in [0.1, 0.15) is 33.3 Å². The van der Waals surface area contributed by atoms with Gasteiger partial charge in [-0.2, -0.15) is 0 Å². The Morgan fingerprint density at radius 3 is 2.12 bits per heavy atom. The van der Waals surface area contributed by atoms with Gasteiger partial charge in [-0.3, -0.25) is 4.79 Å². The van der Waals surface area contributed by atoms with E-state index in [1.54, 1.807) is 0 Å². The zero-order chi connectivity index (χ0) is 12.3. The van der Waals surface area contributed by atoms with Gasteiger partial charge in [0.15, 0.2) is 0 Å². The molecule has 2 N–H and O–H groups in total. The summed E-state index contributed by atoms with van der Waals surface area (Å²) in [5, 5.41) is -0.180. The minimum absolute atomic E-state index is 0.165. The van der Waals surface area contributed by atoms with Crippen LogP contribution in [-0.4, -0.2) is 11.2 Å². The number of benzene rings is 1. The van der Waals surface area contributed by atoms with Gasteiger partial charge in [-0.15, -0.1) is 11.8 Å². The van der Waals surface area contributed by atoms with Crippen molar-refractivity contribution < 1.29 is 4.79 Å². The minimum Gasteiger partial charge on any atom is -0.369 e. The van der Waals surface area contributed by atoms with Crippen LogP contribution in [0.2, 0.25) is 0 Å². The Morgan fingerprint density at radius 1 is 1.25 bits per heavy atom. The van der Waals surface area contributed by atoms with Gasteiger partial charge in [-0.25, -0.2) is 0 Å². The van der Waals surface area contributed by atoms with Crippen molar-refractivity contribution >= 4 is 17.7 Å². The summed E-state index contributed by atoms with van der Waals surface area (Å²) in [6.07, 6.45) is 0. The molecule has 0 heterocycles. The summed E-state index contributed by atoms with van der Waals surface area (Å²) >= 11 is 1.50. The second-order valence-corrected chi connectivity index (χ2v) is 6.35. The summed E-state index contributed by atoms with van der Waals surface area (Å²) < 4.78 is 0. The molecule has 0 fully saturated rings. The Morgan fingerprint density at radius 2 is 1.75 bits per heavy atom. The number of thioether (sulfide) groups is 1. The molecule has 0 radical (unpaired) electrons. The predicted molar refractivity (Wildman–Crippen MR) is 69.7 cm³/mol. The van der Waals surface area contributed by atoms with Crippen LogP contribution >= 0.6 is 11.8 Å². The van der Waals surface area contributed by atoms with Crippen molar-refractivity contribution in [3.63, 3.8) is 0 Å². The number of carbonyl (C=O) groups is 1. The first kappa shape index (κ1) is 13.1. The molecule has 1 atom stereocenters. The first-order valence-corrected chi connectivity index (χ1v) is 6.25. The van der Waals surface area contributed by atoms with Crippen LogP contribution in [0.15, 0.2) is 29.2 Å². The van der Waals surface area contributed by atoms with Gasteiger partial charge in [-0.1, -0.05) is 32.9 Å². The van der Waals surface area contributed by atoms with E-state index in [-0.39, 0.29) is 16.6 Å². The van der Waals surface area contributed by atoms with Crippen LogP contribution in [0.25, 0.3) is 0 Å². The second-order valence-electron chi connectivity index (χ2n) is 4.94. The average Bonchev–Trinajstić information content (AvgIpc) is 2.17. The number of hydrogen-bond acceptors (Lipinski definition) is 2. The molecule has 1 aromatic rings. The number of hydrogen-bond donors (Lipinski definition) is 1. The fourth-order valence-corrected chi connectivity index (χ4v) is 2.11. The Bertz CT molecular complexity index is 365. The van der Waals surface area contributed by atoms with E-state index >= 15 is 0 Å². The topological polar surface area (TPSA) is 43.1 Å². The van der Waals surface area contributed by atoms with E-state index in [0.717, 1.165) is 4.90 Å². The highest BCUT2D eigenvalue weighted by Gasteiger charge is 2.14. The van der Waals surface area contributed by atoms with E-state index in [2.05, 4.69) is 32.9 Å². The highest BCUT2D eigenvalue weighted by Crippen LogP contribution is 2.27. The van der Waals surface area contributed by atoms with Crippen molar-refractivity contribution in [3.05, 3.63) is 29.8 Å². The SMILES string of the molecule is C[C@H](Sc1ccc(C(C)(C)C)cc1)C(N)=O. The molecular formula is C13H19NOS. The molecule has 0 bridgehead atoms. The standard InChI is InChI=1S/C13H19NOS/c1-9(12(14)15)16-11-7-5-10(6-8-11)13(2,3)4/h5-9H,1-4H3,(H2,14,15)/t9-/m0/s1. The molecule has 16 heavy (non-hydrogen) atoms. The van der Waals surface area contributed by atoms with Gasteiger partial charge in [0.25, 0.3) is 0 Å². The lowest BCUT2D eigenvalue weighted by molar-refractivity contribution is -0.117. The molecule has 0 aliphatic carbocycles. The monoisotopic (exact) mass is 237 g/mol. The van der Waals surface area contributed by atoms with Crippen molar-refractivity contribution in [2.75, 3.05) is 0 Å². The molecule has 2 nitrogen and oxygen atoms in total. The Balaban J connectivity index is 2.76. The molecule has 0 aliphatic rings. The van der Waals surface area contributed by atoms with Crippen molar-refractivity contribution in [1.82, 2.24) is 0 Å². The summed E-state index contributed by atoms with van der Waals surface area (Å²) in [6, 6.07) is 8.31. The molecular weight excluding hydrogens is 218 g/mol. The third-order valence-electron chi connectivity index (χ3n) is 2.43. The first-order chi connectivity index (χ1) is 7.30. The van der Waals surface area contributed by atoms with E-state index in [4.69, 9.17) is 5.73 Å². The van der Waals surface area contributed by atoms with Crippen molar-refractivity contribution in [2.45, 2.75) is 43.3 Å². The molecule has 1 aromatic carbocycles. The van der Waals surface area contributed by atoms with Gasteiger partial charge in [0, 0.05) is 4.90 Å². The van der Waals surface area contributed by atoms with Crippen LogP contribution in [0, 0.1) is 0 Å². The van der Waals surface area contributed by atoms with E-state index < -0.39 is 0 Å². The van der Waals surface area contributed by atoms with Crippen LogP contribution in [0.3, 0.4) is 0 Å². The zero-order valence-corrected chi connectivity index (χ0v) is 11.1. The maximum Gasteiger partial charge on any atom is 0.230 e. The number of nitrogens with two attached hydrogens (primary N) is 1. The van der Waals surface area contributed by atoms with E-state index in [0.29, 0.717) is 0 Å². The molecule has 0 aromatic heterocycles. The maximum atomic E-state index is 10.9. The molecule has 0 unspecified atom stereocenters. The number of carbonyl (C=O) groups excluding carboxylic acids is 1. The third kappa shape index (κ3) is 3.56. The van der Waals surface area contributed by atoms with E-state index in [1.807, 2.05) is 19.1 Å². The number of rotatable bonds is 3. The quantitative estimate of drug-likeness (QED) is 0.821. The van der Waals surface area contributed by atoms with Gasteiger partial charge in [0.05, 0.1) is 5.25 Å². The summed E-state index contributed by atoms with van der Waals surface area (Å²) in [6.45, 7) is 8.37. The molecule has 0 saturated carbocycles. The summed E-state index contributed by atoms with van der Waals surface area (Å²) in [5.41, 5.74) is 6.68. The van der Waals surface area contributed by atoms with Gasteiger partial charge >= 0.3 is 0 Å². The summed E-state index contributed by atoms with van der Waals surface area (Å²) in [5.74, 6) is -0.273. The summed E-state index contributed by atoms with van der Waals surface area (Å²) in [4.78, 5) is 12.0. The molecule has 88 valence electrons. The molecule has 0 spiro atoms. The Kier molecular flexibility index (Phi) is 4.03. The molecule has 0 aliphatic heterocycles. The fraction of sp³-hybridized carbons (Fsp3) is 0.462. The van der Waals surface area contributed by atoms with Crippen molar-refractivity contribution in [3.8, 4) is 0 Å². The Labute approximate surface area is 102 Å². The summed E-state index contributed by atoms with van der Waals surface area (Å²) in [7, 11) is 0. The van der Waals surface area contributed by atoms with Gasteiger partial charge in [0.2, 0.25) is 5.91 Å². The van der Waals surface area contributed by atoms with E-state index in [9.17, 15) is 4.79 Å². The minimum atomic E-state index is -0.273. The van der Waals surface area contributed by atoms with Gasteiger partial charge in [0.1, 0.15) is 0 Å². The smallest absolute Gasteiger partial charge is 0.230 e. The molecule has 1 amide bonds. The maximum absolute atomic E-state index is 10.9. The van der Waals surface area contributed by atoms with Gasteiger partial charge in [-0.05, 0) is 30.0 Å². The van der Waals surface area contributed by atoms with Crippen LogP contribution in [0.5, 0.6) is 0 Å². The molecule has 1 rings (SSSR count). The highest BCUT2D eigenvalue weighted by molar-refractivity contribution is 8.00. The fourth-order valence-electron chi connectivity index (χ4n) is 1.30. The van der Waals surface area contributed by atoms with Crippen molar-refractivity contribution in [2.24, 2.45) is 5.73 Å². The first-order valence-electron chi connectivity index (χ1n) is 5.37. The highest BCUT2D eigenvalue weighted by atomic mass is 32.2. The Hall–Kier alpha value is -0.960. The van der Waals surface area contributed by atoms with Crippen LogP contribution in [-0.2, 0) is 10.2 Å². The second kappa shape index (κ2) is 4.91. The molecule has 0 saturated heterocycles. The molecule has 3 heteroatoms. The average molecular weight is 237 g/mol. The number of amides is 1. The predicted octanol–water partition coefficient (Wildman–Crippen LogP) is 2.95. The third-order valence-corrected chi connectivity index (χ3v) is 3.56. The van der Waals surface area contributed by atoms with E-state index in [1.165, 1.54) is 17.3 Å². The lowest BCUT2D eigenvalue weighted by atomic mass is 9.87. The normalized spacial score (nSPS) is 13.5. The lowest BCUT2D eigenvalue weighted by Crippen LogP contribution is -2.22. The zero-order valence-electron chi connectivity index (χ0n) is 10.3. The van der Waals surface area contributed by atoms with Crippen LogP contribution < -0.4 is 5.73 Å².